The molecule has 2 aromatic rings. The van der Waals surface area contributed by atoms with Gasteiger partial charge in [-0.05, 0) is 12.1 Å². The average Bonchev–Trinajstić information content (AvgIpc) is 2.36. The summed E-state index contributed by atoms with van der Waals surface area (Å²) in [5.74, 6) is 0. The lowest BCUT2D eigenvalue weighted by molar-refractivity contribution is -0.137. The lowest BCUT2D eigenvalue weighted by Gasteiger charge is -2.15. The molecule has 0 saturated carbocycles. The van der Waals surface area contributed by atoms with Crippen LogP contribution in [0.4, 0.5) is 26.3 Å². The van der Waals surface area contributed by atoms with E-state index in [-0.39, 0.29) is 0 Å². The van der Waals surface area contributed by atoms with Crippen LogP contribution < -0.4 is 0 Å². The minimum absolute atomic E-state index is 0.499. The number of rotatable bonds is 1. The molecule has 0 amide bonds. The number of pyridine rings is 1. The van der Waals surface area contributed by atoms with E-state index < -0.39 is 39.8 Å². The summed E-state index contributed by atoms with van der Waals surface area (Å²) in [5.41, 5.74) is -3.38. The average molecular weight is 326 g/mol. The molecule has 1 heterocycles. The van der Waals surface area contributed by atoms with Crippen LogP contribution in [0.5, 0.6) is 0 Å². The van der Waals surface area contributed by atoms with Gasteiger partial charge in [0, 0.05) is 11.8 Å². The smallest absolute Gasteiger partial charge is 0.255 e. The van der Waals surface area contributed by atoms with Gasteiger partial charge in [0.05, 0.1) is 21.8 Å². The SMILES string of the molecule is FC(F)(F)c1ccccc1-c1nccc(C(F)(F)F)c1Cl. The Morgan fingerprint density at radius 1 is 0.810 bits per heavy atom. The van der Waals surface area contributed by atoms with Crippen molar-refractivity contribution in [1.82, 2.24) is 4.98 Å². The zero-order valence-corrected chi connectivity index (χ0v) is 10.8. The molecule has 0 aliphatic rings. The van der Waals surface area contributed by atoms with Gasteiger partial charge < -0.3 is 0 Å². The third kappa shape index (κ3) is 3.12. The quantitative estimate of drug-likeness (QED) is 0.636. The van der Waals surface area contributed by atoms with Crippen LogP contribution in [0.2, 0.25) is 5.02 Å². The molecule has 0 bridgehead atoms. The molecule has 2 rings (SSSR count). The van der Waals surface area contributed by atoms with Crippen LogP contribution in [-0.2, 0) is 12.4 Å². The van der Waals surface area contributed by atoms with Crippen LogP contribution in [0.1, 0.15) is 11.1 Å². The number of halogens is 7. The maximum absolute atomic E-state index is 12.9. The van der Waals surface area contributed by atoms with Gasteiger partial charge >= 0.3 is 12.4 Å². The van der Waals surface area contributed by atoms with E-state index in [1.165, 1.54) is 6.07 Å². The second kappa shape index (κ2) is 5.22. The fourth-order valence-corrected chi connectivity index (χ4v) is 2.11. The number of benzene rings is 1. The first-order valence-electron chi connectivity index (χ1n) is 5.50. The highest BCUT2D eigenvalue weighted by Gasteiger charge is 2.37. The highest BCUT2D eigenvalue weighted by molar-refractivity contribution is 6.33. The standard InChI is InChI=1S/C13H6ClF6N/c14-10-9(13(18,19)20)5-6-21-11(10)7-3-1-2-4-8(7)12(15,16)17/h1-6H. The largest absolute Gasteiger partial charge is 0.417 e. The molecular formula is C13H6ClF6N. The molecule has 1 aromatic heterocycles. The van der Waals surface area contributed by atoms with Crippen LogP contribution in [0, 0.1) is 0 Å². The van der Waals surface area contributed by atoms with Crippen LogP contribution in [0.25, 0.3) is 11.3 Å². The summed E-state index contributed by atoms with van der Waals surface area (Å²) >= 11 is 5.60. The van der Waals surface area contributed by atoms with E-state index in [9.17, 15) is 26.3 Å². The highest BCUT2D eigenvalue weighted by atomic mass is 35.5. The van der Waals surface area contributed by atoms with Crippen LogP contribution in [0.3, 0.4) is 0 Å². The summed E-state index contributed by atoms with van der Waals surface area (Å²) in [7, 11) is 0. The third-order valence-corrected chi connectivity index (χ3v) is 3.06. The summed E-state index contributed by atoms with van der Waals surface area (Å²) in [6.07, 6.45) is -8.73. The number of hydrogen-bond donors (Lipinski definition) is 0. The molecule has 21 heavy (non-hydrogen) atoms. The molecule has 0 spiro atoms. The zero-order chi connectivity index (χ0) is 15.8. The van der Waals surface area contributed by atoms with Gasteiger partial charge in [0.15, 0.2) is 0 Å². The van der Waals surface area contributed by atoms with E-state index in [4.69, 9.17) is 11.6 Å². The van der Waals surface area contributed by atoms with Gasteiger partial charge in [0.2, 0.25) is 0 Å². The van der Waals surface area contributed by atoms with E-state index >= 15 is 0 Å². The maximum atomic E-state index is 12.9. The predicted molar refractivity (Wildman–Crippen MR) is 64.7 cm³/mol. The van der Waals surface area contributed by atoms with Gasteiger partial charge in [-0.3, -0.25) is 4.98 Å². The van der Waals surface area contributed by atoms with Gasteiger partial charge in [-0.15, -0.1) is 0 Å². The first kappa shape index (κ1) is 15.6. The van der Waals surface area contributed by atoms with E-state index in [2.05, 4.69) is 4.98 Å². The third-order valence-electron chi connectivity index (χ3n) is 2.68. The predicted octanol–water partition coefficient (Wildman–Crippen LogP) is 5.44. The van der Waals surface area contributed by atoms with E-state index in [0.29, 0.717) is 6.07 Å². The Kier molecular flexibility index (Phi) is 3.88. The molecule has 0 aliphatic carbocycles. The Morgan fingerprint density at radius 2 is 1.38 bits per heavy atom. The molecule has 0 N–H and O–H groups in total. The van der Waals surface area contributed by atoms with Crippen LogP contribution >= 0.6 is 11.6 Å². The second-order valence-corrected chi connectivity index (χ2v) is 4.44. The van der Waals surface area contributed by atoms with Gasteiger partial charge in [-0.1, -0.05) is 29.8 Å². The van der Waals surface area contributed by atoms with Crippen molar-refractivity contribution >= 4 is 11.6 Å². The molecule has 0 fully saturated rings. The Balaban J connectivity index is 2.70. The van der Waals surface area contributed by atoms with Gasteiger partial charge in [0.1, 0.15) is 0 Å². The minimum Gasteiger partial charge on any atom is -0.255 e. The molecular weight excluding hydrogens is 320 g/mol. The molecule has 0 radical (unpaired) electrons. The fourth-order valence-electron chi connectivity index (χ4n) is 1.79. The maximum Gasteiger partial charge on any atom is 0.417 e. The first-order valence-corrected chi connectivity index (χ1v) is 5.88. The number of aromatic nitrogens is 1. The van der Waals surface area contributed by atoms with Crippen molar-refractivity contribution in [1.29, 1.82) is 0 Å². The Labute approximate surface area is 120 Å². The Bertz CT molecular complexity index is 662. The van der Waals surface area contributed by atoms with E-state index in [1.54, 1.807) is 0 Å². The Morgan fingerprint density at radius 3 is 1.95 bits per heavy atom. The molecule has 112 valence electrons. The van der Waals surface area contributed by atoms with Gasteiger partial charge in [-0.2, -0.15) is 26.3 Å². The van der Waals surface area contributed by atoms with Crippen molar-refractivity contribution in [3.05, 3.63) is 52.7 Å². The lowest BCUT2D eigenvalue weighted by Crippen LogP contribution is -2.10. The summed E-state index contributed by atoms with van der Waals surface area (Å²) in [5, 5.41) is -0.860. The van der Waals surface area contributed by atoms with Gasteiger partial charge in [-0.25, -0.2) is 0 Å². The first-order chi connectivity index (χ1) is 9.62. The van der Waals surface area contributed by atoms with Crippen molar-refractivity contribution in [2.75, 3.05) is 0 Å². The number of nitrogens with zero attached hydrogens (tertiary/aromatic N) is 1. The molecule has 1 aromatic carbocycles. The van der Waals surface area contributed by atoms with Crippen molar-refractivity contribution in [3.8, 4) is 11.3 Å². The molecule has 0 saturated heterocycles. The topological polar surface area (TPSA) is 12.9 Å². The normalized spacial score (nSPS) is 12.5. The van der Waals surface area contributed by atoms with Crippen LogP contribution in [0.15, 0.2) is 36.5 Å². The molecule has 0 unspecified atom stereocenters. The van der Waals surface area contributed by atoms with E-state index in [1.807, 2.05) is 0 Å². The second-order valence-electron chi connectivity index (χ2n) is 4.06. The Hall–Kier alpha value is -1.76. The van der Waals surface area contributed by atoms with Crippen LogP contribution in [-0.4, -0.2) is 4.98 Å². The number of hydrogen-bond acceptors (Lipinski definition) is 1. The summed E-state index contributed by atoms with van der Waals surface area (Å²) < 4.78 is 77.0. The van der Waals surface area contributed by atoms with Gasteiger partial charge in [0.25, 0.3) is 0 Å². The summed E-state index contributed by atoms with van der Waals surface area (Å²) in [6, 6.07) is 4.80. The fraction of sp³-hybridized carbons (Fsp3) is 0.154. The summed E-state index contributed by atoms with van der Waals surface area (Å²) in [4.78, 5) is 3.56. The molecule has 0 aliphatic heterocycles. The van der Waals surface area contributed by atoms with Crippen molar-refractivity contribution < 1.29 is 26.3 Å². The zero-order valence-electron chi connectivity index (χ0n) is 10.1. The lowest BCUT2D eigenvalue weighted by atomic mass is 10.0. The van der Waals surface area contributed by atoms with Crippen molar-refractivity contribution in [2.45, 2.75) is 12.4 Å². The molecule has 8 heteroatoms. The van der Waals surface area contributed by atoms with Crippen molar-refractivity contribution in [3.63, 3.8) is 0 Å². The number of alkyl halides is 6. The monoisotopic (exact) mass is 325 g/mol. The highest BCUT2D eigenvalue weighted by Crippen LogP contribution is 2.42. The minimum atomic E-state index is -4.78. The molecule has 1 nitrogen and oxygen atoms in total. The van der Waals surface area contributed by atoms with E-state index in [0.717, 1.165) is 24.4 Å². The van der Waals surface area contributed by atoms with Crippen molar-refractivity contribution in [2.24, 2.45) is 0 Å². The molecule has 0 atom stereocenters. The summed E-state index contributed by atoms with van der Waals surface area (Å²) in [6.45, 7) is 0.